The summed E-state index contributed by atoms with van der Waals surface area (Å²) in [5.74, 6) is -1.26. The monoisotopic (exact) mass is 267 g/mol. The SMILES string of the molecule is COC(=O)CN(C)c1cc(C(N)=O)ccc1[N+](=O)[O-]. The third-order valence-corrected chi connectivity index (χ3v) is 2.46. The minimum atomic E-state index is -0.706. The van der Waals surface area contributed by atoms with Crippen LogP contribution in [0.25, 0.3) is 0 Å². The number of ether oxygens (including phenoxy) is 1. The van der Waals surface area contributed by atoms with E-state index in [-0.39, 0.29) is 23.5 Å². The van der Waals surface area contributed by atoms with E-state index in [2.05, 4.69) is 4.74 Å². The van der Waals surface area contributed by atoms with E-state index < -0.39 is 16.8 Å². The van der Waals surface area contributed by atoms with Gasteiger partial charge in [-0.25, -0.2) is 0 Å². The van der Waals surface area contributed by atoms with Gasteiger partial charge in [-0.05, 0) is 12.1 Å². The van der Waals surface area contributed by atoms with Gasteiger partial charge in [-0.2, -0.15) is 0 Å². The smallest absolute Gasteiger partial charge is 0.325 e. The highest BCUT2D eigenvalue weighted by Gasteiger charge is 2.20. The van der Waals surface area contributed by atoms with Gasteiger partial charge in [0.25, 0.3) is 5.69 Å². The summed E-state index contributed by atoms with van der Waals surface area (Å²) in [4.78, 5) is 33.9. The summed E-state index contributed by atoms with van der Waals surface area (Å²) in [6, 6.07) is 3.70. The van der Waals surface area contributed by atoms with Gasteiger partial charge in [0.15, 0.2) is 0 Å². The lowest BCUT2D eigenvalue weighted by atomic mass is 10.1. The number of nitro groups is 1. The molecule has 19 heavy (non-hydrogen) atoms. The fourth-order valence-corrected chi connectivity index (χ4v) is 1.48. The predicted molar refractivity (Wildman–Crippen MR) is 66.9 cm³/mol. The number of hydrogen-bond donors (Lipinski definition) is 1. The van der Waals surface area contributed by atoms with Crippen LogP contribution in [0.3, 0.4) is 0 Å². The number of nitro benzene ring substituents is 1. The van der Waals surface area contributed by atoms with Gasteiger partial charge in [-0.3, -0.25) is 19.7 Å². The predicted octanol–water partition coefficient (Wildman–Crippen LogP) is 0.303. The molecule has 102 valence electrons. The number of nitrogens with zero attached hydrogens (tertiary/aromatic N) is 2. The molecule has 8 heteroatoms. The van der Waals surface area contributed by atoms with Crippen molar-refractivity contribution in [1.82, 2.24) is 0 Å². The number of rotatable bonds is 5. The maximum Gasteiger partial charge on any atom is 0.325 e. The van der Waals surface area contributed by atoms with E-state index in [0.29, 0.717) is 0 Å². The third kappa shape index (κ3) is 3.41. The van der Waals surface area contributed by atoms with E-state index >= 15 is 0 Å². The molecule has 1 aromatic rings. The molecule has 0 spiro atoms. The molecule has 0 radical (unpaired) electrons. The van der Waals surface area contributed by atoms with Crippen LogP contribution in [0.15, 0.2) is 18.2 Å². The normalized spacial score (nSPS) is 9.79. The molecule has 1 rings (SSSR count). The minimum absolute atomic E-state index is 0.117. The number of carbonyl (C=O) groups is 2. The molecule has 0 unspecified atom stereocenters. The molecule has 1 aromatic carbocycles. The minimum Gasteiger partial charge on any atom is -0.468 e. The van der Waals surface area contributed by atoms with Gasteiger partial charge < -0.3 is 15.4 Å². The van der Waals surface area contributed by atoms with E-state index in [0.717, 1.165) is 0 Å². The quantitative estimate of drug-likeness (QED) is 0.466. The molecule has 0 aliphatic rings. The van der Waals surface area contributed by atoms with Crippen molar-refractivity contribution in [3.05, 3.63) is 33.9 Å². The molecular formula is C11H13N3O5. The van der Waals surface area contributed by atoms with Gasteiger partial charge in [0, 0.05) is 18.7 Å². The van der Waals surface area contributed by atoms with Crippen LogP contribution in [0.1, 0.15) is 10.4 Å². The molecule has 0 aromatic heterocycles. The van der Waals surface area contributed by atoms with E-state index in [9.17, 15) is 19.7 Å². The van der Waals surface area contributed by atoms with E-state index in [1.807, 2.05) is 0 Å². The number of nitrogens with two attached hydrogens (primary N) is 1. The first-order chi connectivity index (χ1) is 8.86. The Kier molecular flexibility index (Phi) is 4.41. The van der Waals surface area contributed by atoms with Gasteiger partial charge in [-0.15, -0.1) is 0 Å². The highest BCUT2D eigenvalue weighted by Crippen LogP contribution is 2.28. The van der Waals surface area contributed by atoms with Crippen molar-refractivity contribution >= 4 is 23.3 Å². The summed E-state index contributed by atoms with van der Waals surface area (Å²) in [6.45, 7) is -0.181. The summed E-state index contributed by atoms with van der Waals surface area (Å²) in [5.41, 5.74) is 5.13. The second-order valence-corrected chi connectivity index (χ2v) is 3.76. The molecule has 8 nitrogen and oxygen atoms in total. The molecular weight excluding hydrogens is 254 g/mol. The molecule has 2 N–H and O–H groups in total. The zero-order valence-electron chi connectivity index (χ0n) is 10.5. The molecule has 0 atom stereocenters. The fourth-order valence-electron chi connectivity index (χ4n) is 1.48. The molecule has 0 heterocycles. The van der Waals surface area contributed by atoms with Crippen LogP contribution in [-0.2, 0) is 9.53 Å². The first-order valence-corrected chi connectivity index (χ1v) is 5.23. The third-order valence-electron chi connectivity index (χ3n) is 2.46. The summed E-state index contributed by atoms with van der Waals surface area (Å²) in [7, 11) is 2.69. The van der Waals surface area contributed by atoms with Crippen LogP contribution in [0, 0.1) is 10.1 Å². The lowest BCUT2D eigenvalue weighted by Gasteiger charge is -2.18. The average Bonchev–Trinajstić information content (AvgIpc) is 2.37. The highest BCUT2D eigenvalue weighted by atomic mass is 16.6. The second-order valence-electron chi connectivity index (χ2n) is 3.76. The van der Waals surface area contributed by atoms with Crippen molar-refractivity contribution in [3.63, 3.8) is 0 Å². The van der Waals surface area contributed by atoms with Crippen LogP contribution < -0.4 is 10.6 Å². The largest absolute Gasteiger partial charge is 0.468 e. The molecule has 0 saturated heterocycles. The van der Waals surface area contributed by atoms with Crippen molar-refractivity contribution in [2.24, 2.45) is 5.73 Å². The summed E-state index contributed by atoms with van der Waals surface area (Å²) < 4.78 is 4.48. The van der Waals surface area contributed by atoms with E-state index in [1.54, 1.807) is 0 Å². The van der Waals surface area contributed by atoms with Crippen molar-refractivity contribution in [3.8, 4) is 0 Å². The van der Waals surface area contributed by atoms with Gasteiger partial charge >= 0.3 is 5.97 Å². The Hall–Kier alpha value is -2.64. The Morgan fingerprint density at radius 1 is 1.47 bits per heavy atom. The lowest BCUT2D eigenvalue weighted by Crippen LogP contribution is -2.27. The lowest BCUT2D eigenvalue weighted by molar-refractivity contribution is -0.384. The Balaban J connectivity index is 3.20. The van der Waals surface area contributed by atoms with Crippen molar-refractivity contribution in [2.75, 3.05) is 25.6 Å². The maximum absolute atomic E-state index is 11.2. The van der Waals surface area contributed by atoms with Crippen molar-refractivity contribution in [1.29, 1.82) is 0 Å². The molecule has 0 bridgehead atoms. The number of benzene rings is 1. The zero-order chi connectivity index (χ0) is 14.6. The van der Waals surface area contributed by atoms with Gasteiger partial charge in [0.05, 0.1) is 12.0 Å². The van der Waals surface area contributed by atoms with Crippen LogP contribution in [-0.4, -0.2) is 37.5 Å². The number of anilines is 1. The first-order valence-electron chi connectivity index (χ1n) is 5.23. The summed E-state index contributed by atoms with van der Waals surface area (Å²) >= 11 is 0. The van der Waals surface area contributed by atoms with Crippen molar-refractivity contribution in [2.45, 2.75) is 0 Å². The van der Waals surface area contributed by atoms with Crippen LogP contribution in [0.4, 0.5) is 11.4 Å². The van der Waals surface area contributed by atoms with Gasteiger partial charge in [0.2, 0.25) is 5.91 Å². The standard InChI is InChI=1S/C11H13N3O5/c1-13(6-10(15)19-2)9-5-7(11(12)16)3-4-8(9)14(17)18/h3-5H,6H2,1-2H3,(H2,12,16). The maximum atomic E-state index is 11.2. The van der Waals surface area contributed by atoms with E-state index in [1.165, 1.54) is 37.3 Å². The Morgan fingerprint density at radius 3 is 2.58 bits per heavy atom. The van der Waals surface area contributed by atoms with E-state index in [4.69, 9.17) is 5.73 Å². The molecule has 0 fully saturated rings. The number of hydrogen-bond acceptors (Lipinski definition) is 6. The Bertz CT molecular complexity index is 529. The fraction of sp³-hybridized carbons (Fsp3) is 0.273. The average molecular weight is 267 g/mol. The summed E-state index contributed by atoms with van der Waals surface area (Å²) in [6.07, 6.45) is 0. The van der Waals surface area contributed by atoms with Crippen molar-refractivity contribution < 1.29 is 19.2 Å². The number of methoxy groups -OCH3 is 1. The number of carbonyl (C=O) groups excluding carboxylic acids is 2. The number of esters is 1. The van der Waals surface area contributed by atoms with Crippen LogP contribution in [0.2, 0.25) is 0 Å². The Morgan fingerprint density at radius 2 is 2.11 bits per heavy atom. The number of amides is 1. The molecule has 1 amide bonds. The molecule has 0 aliphatic carbocycles. The second kappa shape index (κ2) is 5.80. The number of likely N-dealkylation sites (N-methyl/N-ethyl adjacent to an activating group) is 1. The van der Waals surface area contributed by atoms with Gasteiger partial charge in [0.1, 0.15) is 12.2 Å². The summed E-state index contributed by atoms with van der Waals surface area (Å²) in [5, 5.41) is 10.9. The highest BCUT2D eigenvalue weighted by molar-refractivity contribution is 5.95. The zero-order valence-corrected chi connectivity index (χ0v) is 10.5. The van der Waals surface area contributed by atoms with Crippen LogP contribution in [0.5, 0.6) is 0 Å². The molecule has 0 saturated carbocycles. The topological polar surface area (TPSA) is 116 Å². The first kappa shape index (κ1) is 14.4. The van der Waals surface area contributed by atoms with Crippen LogP contribution >= 0.6 is 0 Å². The Labute approximate surface area is 108 Å². The molecule has 0 aliphatic heterocycles. The number of primary amides is 1. The van der Waals surface area contributed by atoms with Gasteiger partial charge in [-0.1, -0.05) is 0 Å².